The van der Waals surface area contributed by atoms with Crippen LogP contribution in [0.2, 0.25) is 0 Å². The maximum absolute atomic E-state index is 11.3. The molecule has 0 aliphatic heterocycles. The van der Waals surface area contributed by atoms with Gasteiger partial charge in [-0.2, -0.15) is 0 Å². The highest BCUT2D eigenvalue weighted by Gasteiger charge is 2.14. The normalized spacial score (nSPS) is 11.6. The summed E-state index contributed by atoms with van der Waals surface area (Å²) in [6, 6.07) is -0.492. The minimum Gasteiger partial charge on any atom is -0.450 e. The van der Waals surface area contributed by atoms with E-state index in [0.717, 1.165) is 0 Å². The van der Waals surface area contributed by atoms with Crippen LogP contribution in [0, 0.1) is 0 Å². The molecule has 14 heavy (non-hydrogen) atoms. The number of alkyl carbamates (subject to hydrolysis) is 1. The van der Waals surface area contributed by atoms with Gasteiger partial charge in [0.1, 0.15) is 0 Å². The molecule has 0 fully saturated rings. The maximum atomic E-state index is 11.3. The van der Waals surface area contributed by atoms with Gasteiger partial charge in [0.05, 0.1) is 12.6 Å². The molecule has 80 valence electrons. The Balaban J connectivity index is 3.82. The van der Waals surface area contributed by atoms with Crippen LogP contribution in [0.15, 0.2) is 12.7 Å². The van der Waals surface area contributed by atoms with Gasteiger partial charge in [-0.3, -0.25) is 4.79 Å². The predicted molar refractivity (Wildman–Crippen MR) is 54.1 cm³/mol. The highest BCUT2D eigenvalue weighted by molar-refractivity contribution is 5.87. The van der Waals surface area contributed by atoms with E-state index >= 15 is 0 Å². The number of nitrogens with one attached hydrogen (secondary N) is 1. The summed E-state index contributed by atoms with van der Waals surface area (Å²) in [4.78, 5) is 22.2. The van der Waals surface area contributed by atoms with Crippen molar-refractivity contribution in [2.45, 2.75) is 32.7 Å². The Labute approximate surface area is 84.3 Å². The van der Waals surface area contributed by atoms with Crippen molar-refractivity contribution in [3.8, 4) is 0 Å². The third kappa shape index (κ3) is 5.35. The molecule has 4 nitrogen and oxygen atoms in total. The second kappa shape index (κ2) is 7.12. The van der Waals surface area contributed by atoms with Gasteiger partial charge in [0.25, 0.3) is 0 Å². The molecule has 0 aliphatic carbocycles. The summed E-state index contributed by atoms with van der Waals surface area (Å²) in [5.74, 6) is -0.0158. The van der Waals surface area contributed by atoms with E-state index in [1.807, 2.05) is 0 Å². The van der Waals surface area contributed by atoms with Crippen LogP contribution in [0.3, 0.4) is 0 Å². The molecule has 0 rings (SSSR count). The van der Waals surface area contributed by atoms with Crippen molar-refractivity contribution in [3.05, 3.63) is 12.7 Å². The SMILES string of the molecule is C=CCCC(=O)[C@H](C)NC(=O)OCC. The van der Waals surface area contributed by atoms with Crippen molar-refractivity contribution in [1.82, 2.24) is 5.32 Å². The van der Waals surface area contributed by atoms with Crippen LogP contribution < -0.4 is 5.32 Å². The summed E-state index contributed by atoms with van der Waals surface area (Å²) < 4.78 is 4.64. The van der Waals surface area contributed by atoms with Gasteiger partial charge < -0.3 is 10.1 Å². The summed E-state index contributed by atoms with van der Waals surface area (Å²) in [5.41, 5.74) is 0. The maximum Gasteiger partial charge on any atom is 0.407 e. The lowest BCUT2D eigenvalue weighted by atomic mass is 10.1. The zero-order valence-corrected chi connectivity index (χ0v) is 8.71. The van der Waals surface area contributed by atoms with Crippen molar-refractivity contribution in [2.24, 2.45) is 0 Å². The summed E-state index contributed by atoms with van der Waals surface area (Å²) in [6.07, 6.45) is 2.16. The molecule has 0 unspecified atom stereocenters. The van der Waals surface area contributed by atoms with Crippen LogP contribution in [-0.2, 0) is 9.53 Å². The number of ether oxygens (including phenoxy) is 1. The Kier molecular flexibility index (Phi) is 6.45. The van der Waals surface area contributed by atoms with E-state index in [4.69, 9.17) is 0 Å². The quantitative estimate of drug-likeness (QED) is 0.662. The lowest BCUT2D eigenvalue weighted by Crippen LogP contribution is -2.38. The molecule has 0 bridgehead atoms. The number of allylic oxidation sites excluding steroid dienone is 1. The number of hydrogen-bond acceptors (Lipinski definition) is 3. The summed E-state index contributed by atoms with van der Waals surface area (Å²) in [7, 11) is 0. The Morgan fingerprint density at radius 2 is 2.21 bits per heavy atom. The molecule has 0 spiro atoms. The molecule has 4 heteroatoms. The number of carbonyl (C=O) groups excluding carboxylic acids is 2. The highest BCUT2D eigenvalue weighted by atomic mass is 16.5. The van der Waals surface area contributed by atoms with Crippen molar-refractivity contribution in [2.75, 3.05) is 6.61 Å². The number of ketones is 1. The summed E-state index contributed by atoms with van der Waals surface area (Å²) in [6.45, 7) is 7.18. The lowest BCUT2D eigenvalue weighted by Gasteiger charge is -2.11. The molecule has 1 atom stereocenters. The zero-order valence-electron chi connectivity index (χ0n) is 8.71. The molecule has 0 saturated carbocycles. The highest BCUT2D eigenvalue weighted by Crippen LogP contribution is 1.96. The topological polar surface area (TPSA) is 55.4 Å². The number of carbonyl (C=O) groups is 2. The molecular weight excluding hydrogens is 182 g/mol. The Bertz CT molecular complexity index is 213. The van der Waals surface area contributed by atoms with Gasteiger partial charge in [-0.1, -0.05) is 6.08 Å². The first-order valence-electron chi connectivity index (χ1n) is 4.68. The molecule has 1 amide bonds. The Hall–Kier alpha value is -1.32. The first kappa shape index (κ1) is 12.7. The molecule has 0 saturated heterocycles. The van der Waals surface area contributed by atoms with Gasteiger partial charge in [-0.15, -0.1) is 6.58 Å². The molecular formula is C10H17NO3. The zero-order chi connectivity index (χ0) is 11.0. The molecule has 0 radical (unpaired) electrons. The third-order valence-electron chi connectivity index (χ3n) is 1.69. The lowest BCUT2D eigenvalue weighted by molar-refractivity contribution is -0.120. The average molecular weight is 199 g/mol. The Morgan fingerprint density at radius 3 is 2.71 bits per heavy atom. The second-order valence-electron chi connectivity index (χ2n) is 2.88. The van der Waals surface area contributed by atoms with E-state index in [2.05, 4.69) is 16.6 Å². The van der Waals surface area contributed by atoms with E-state index < -0.39 is 12.1 Å². The fourth-order valence-electron chi connectivity index (χ4n) is 0.891. The summed E-state index contributed by atoms with van der Waals surface area (Å²) in [5, 5.41) is 2.44. The summed E-state index contributed by atoms with van der Waals surface area (Å²) >= 11 is 0. The van der Waals surface area contributed by atoms with Crippen molar-refractivity contribution >= 4 is 11.9 Å². The van der Waals surface area contributed by atoms with Gasteiger partial charge in [0.2, 0.25) is 0 Å². The molecule has 0 heterocycles. The Morgan fingerprint density at radius 1 is 1.57 bits per heavy atom. The van der Waals surface area contributed by atoms with Gasteiger partial charge in [-0.05, 0) is 20.3 Å². The molecule has 0 aromatic heterocycles. The minimum absolute atomic E-state index is 0.0158. The number of amides is 1. The van der Waals surface area contributed by atoms with E-state index in [9.17, 15) is 9.59 Å². The largest absolute Gasteiger partial charge is 0.450 e. The van der Waals surface area contributed by atoms with Gasteiger partial charge in [0, 0.05) is 6.42 Å². The van der Waals surface area contributed by atoms with Crippen LogP contribution in [0.1, 0.15) is 26.7 Å². The van der Waals surface area contributed by atoms with Crippen LogP contribution >= 0.6 is 0 Å². The van der Waals surface area contributed by atoms with Crippen molar-refractivity contribution < 1.29 is 14.3 Å². The van der Waals surface area contributed by atoms with E-state index in [1.54, 1.807) is 19.9 Å². The van der Waals surface area contributed by atoms with Crippen LogP contribution in [0.5, 0.6) is 0 Å². The monoisotopic (exact) mass is 199 g/mol. The number of Topliss-reactive ketones (excluding diaryl/α,β-unsaturated/α-hetero) is 1. The molecule has 0 aromatic rings. The van der Waals surface area contributed by atoms with E-state index in [-0.39, 0.29) is 5.78 Å². The van der Waals surface area contributed by atoms with Gasteiger partial charge in [0.15, 0.2) is 5.78 Å². The van der Waals surface area contributed by atoms with Gasteiger partial charge >= 0.3 is 6.09 Å². The average Bonchev–Trinajstić information content (AvgIpc) is 2.14. The first-order valence-corrected chi connectivity index (χ1v) is 4.68. The minimum atomic E-state index is -0.549. The van der Waals surface area contributed by atoms with E-state index in [1.165, 1.54) is 0 Å². The number of rotatable bonds is 6. The van der Waals surface area contributed by atoms with E-state index in [0.29, 0.717) is 19.4 Å². The third-order valence-corrected chi connectivity index (χ3v) is 1.69. The van der Waals surface area contributed by atoms with Crippen molar-refractivity contribution in [3.63, 3.8) is 0 Å². The van der Waals surface area contributed by atoms with Gasteiger partial charge in [-0.25, -0.2) is 4.79 Å². The number of hydrogen-bond donors (Lipinski definition) is 1. The first-order chi connectivity index (χ1) is 6.61. The van der Waals surface area contributed by atoms with Crippen LogP contribution in [0.25, 0.3) is 0 Å². The fraction of sp³-hybridized carbons (Fsp3) is 0.600. The van der Waals surface area contributed by atoms with Crippen LogP contribution in [0.4, 0.5) is 4.79 Å². The smallest absolute Gasteiger partial charge is 0.407 e. The fourth-order valence-corrected chi connectivity index (χ4v) is 0.891. The molecule has 1 N–H and O–H groups in total. The molecule has 0 aromatic carbocycles. The van der Waals surface area contributed by atoms with Crippen LogP contribution in [-0.4, -0.2) is 24.5 Å². The molecule has 0 aliphatic rings. The second-order valence-corrected chi connectivity index (χ2v) is 2.88. The standard InChI is InChI=1S/C10H17NO3/c1-4-6-7-9(12)8(3)11-10(13)14-5-2/h4,8H,1,5-7H2,2-3H3,(H,11,13)/t8-/m0/s1. The predicted octanol–water partition coefficient (Wildman–Crippen LogP) is 1.66. The van der Waals surface area contributed by atoms with Crippen molar-refractivity contribution in [1.29, 1.82) is 0 Å².